The molecule has 0 saturated carbocycles. The summed E-state index contributed by atoms with van der Waals surface area (Å²) in [5, 5.41) is 17.0. The van der Waals surface area contributed by atoms with Gasteiger partial charge in [0.2, 0.25) is 0 Å². The number of hydrogen-bond acceptors (Lipinski definition) is 5. The van der Waals surface area contributed by atoms with Gasteiger partial charge in [0.15, 0.2) is 5.65 Å². The summed E-state index contributed by atoms with van der Waals surface area (Å²) >= 11 is 1.48. The van der Waals surface area contributed by atoms with Crippen molar-refractivity contribution in [2.75, 3.05) is 6.54 Å². The van der Waals surface area contributed by atoms with Crippen LogP contribution < -0.4 is 5.32 Å². The first-order valence-corrected chi connectivity index (χ1v) is 10.6. The number of benzene rings is 1. The molecule has 5 rings (SSSR count). The lowest BCUT2D eigenvalue weighted by Crippen LogP contribution is -2.25. The summed E-state index contributed by atoms with van der Waals surface area (Å²) in [4.78, 5) is 14.4. The fourth-order valence-electron chi connectivity index (χ4n) is 3.52. The van der Waals surface area contributed by atoms with Crippen molar-refractivity contribution in [2.45, 2.75) is 19.9 Å². The molecular formula is C22H20N6OS. The van der Waals surface area contributed by atoms with Crippen molar-refractivity contribution in [3.05, 3.63) is 82.8 Å². The van der Waals surface area contributed by atoms with Crippen LogP contribution in [0.15, 0.2) is 60.8 Å². The molecule has 7 nitrogen and oxygen atoms in total. The van der Waals surface area contributed by atoms with Gasteiger partial charge >= 0.3 is 0 Å². The minimum atomic E-state index is -0.0734. The second-order valence-corrected chi connectivity index (χ2v) is 8.14. The third-order valence-electron chi connectivity index (χ3n) is 5.02. The molecule has 0 saturated heterocycles. The maximum Gasteiger partial charge on any atom is 0.261 e. The average molecular weight is 417 g/mol. The number of carbonyl (C=O) groups is 1. The smallest absolute Gasteiger partial charge is 0.261 e. The Morgan fingerprint density at radius 2 is 1.93 bits per heavy atom. The Balaban J connectivity index is 1.29. The zero-order chi connectivity index (χ0) is 20.5. The summed E-state index contributed by atoms with van der Waals surface area (Å²) < 4.78 is 3.91. The van der Waals surface area contributed by atoms with E-state index in [1.807, 2.05) is 64.7 Å². The van der Waals surface area contributed by atoms with E-state index < -0.39 is 0 Å². The lowest BCUT2D eigenvalue weighted by molar-refractivity contribution is 0.0958. The summed E-state index contributed by atoms with van der Waals surface area (Å²) in [5.41, 5.74) is 2.93. The fraction of sp³-hybridized carbons (Fsp3) is 0.182. The average Bonchev–Trinajstić information content (AvgIpc) is 3.45. The van der Waals surface area contributed by atoms with Crippen molar-refractivity contribution in [2.24, 2.45) is 0 Å². The van der Waals surface area contributed by atoms with E-state index in [1.54, 1.807) is 0 Å². The molecule has 1 amide bonds. The zero-order valence-corrected chi connectivity index (χ0v) is 17.3. The first-order valence-electron chi connectivity index (χ1n) is 9.77. The molecule has 0 atom stereocenters. The van der Waals surface area contributed by atoms with E-state index in [-0.39, 0.29) is 5.91 Å². The first kappa shape index (κ1) is 18.5. The second-order valence-electron chi connectivity index (χ2n) is 7.11. The molecule has 30 heavy (non-hydrogen) atoms. The largest absolute Gasteiger partial charge is 0.351 e. The van der Waals surface area contributed by atoms with Crippen LogP contribution in [0.25, 0.3) is 15.9 Å². The van der Waals surface area contributed by atoms with Crippen LogP contribution in [-0.2, 0) is 13.0 Å². The first-order chi connectivity index (χ1) is 14.7. The molecule has 1 N–H and O–H groups in total. The van der Waals surface area contributed by atoms with E-state index in [9.17, 15) is 4.79 Å². The van der Waals surface area contributed by atoms with E-state index in [0.717, 1.165) is 27.4 Å². The number of pyridine rings is 1. The molecule has 150 valence electrons. The Morgan fingerprint density at radius 1 is 1.10 bits per heavy atom. The fourth-order valence-corrected chi connectivity index (χ4v) is 4.60. The highest BCUT2D eigenvalue weighted by atomic mass is 32.1. The summed E-state index contributed by atoms with van der Waals surface area (Å²) in [5.74, 6) is 0.757. The van der Waals surface area contributed by atoms with E-state index >= 15 is 0 Å². The van der Waals surface area contributed by atoms with Gasteiger partial charge in [0.05, 0.1) is 17.1 Å². The van der Waals surface area contributed by atoms with E-state index in [2.05, 4.69) is 32.7 Å². The minimum Gasteiger partial charge on any atom is -0.351 e. The third kappa shape index (κ3) is 3.46. The highest BCUT2D eigenvalue weighted by Crippen LogP contribution is 2.28. The highest BCUT2D eigenvalue weighted by Gasteiger charge is 2.16. The second kappa shape index (κ2) is 7.72. The van der Waals surface area contributed by atoms with Crippen molar-refractivity contribution in [3.63, 3.8) is 0 Å². The van der Waals surface area contributed by atoms with Crippen molar-refractivity contribution < 1.29 is 4.79 Å². The summed E-state index contributed by atoms with van der Waals surface area (Å²) in [6.45, 7) is 3.17. The molecule has 0 aliphatic carbocycles. The Morgan fingerprint density at radius 3 is 2.80 bits per heavy atom. The quantitative estimate of drug-likeness (QED) is 0.460. The molecule has 5 aromatic rings. The predicted octanol–water partition coefficient (Wildman–Crippen LogP) is 3.47. The number of fused-ring (bicyclic) bond motifs is 2. The molecule has 0 unspecified atom stereocenters. The normalized spacial score (nSPS) is 11.4. The molecular weight excluding hydrogens is 396 g/mol. The summed E-state index contributed by atoms with van der Waals surface area (Å²) in [7, 11) is 0. The van der Waals surface area contributed by atoms with Crippen molar-refractivity contribution in [1.82, 2.24) is 29.7 Å². The molecule has 0 aliphatic heterocycles. The van der Waals surface area contributed by atoms with Crippen molar-refractivity contribution in [3.8, 4) is 0 Å². The van der Waals surface area contributed by atoms with Crippen LogP contribution in [0.2, 0.25) is 0 Å². The molecule has 8 heteroatoms. The predicted molar refractivity (Wildman–Crippen MR) is 117 cm³/mol. The molecule has 0 bridgehead atoms. The lowest BCUT2D eigenvalue weighted by atomic mass is 10.2. The Labute approximate surface area is 177 Å². The molecule has 0 fully saturated rings. The van der Waals surface area contributed by atoms with Gasteiger partial charge in [-0.2, -0.15) is 5.10 Å². The van der Waals surface area contributed by atoms with Crippen LogP contribution >= 0.6 is 11.3 Å². The van der Waals surface area contributed by atoms with E-state index in [1.165, 1.54) is 16.9 Å². The topological polar surface area (TPSA) is 77.1 Å². The van der Waals surface area contributed by atoms with E-state index in [4.69, 9.17) is 0 Å². The number of hydrogen-bond donors (Lipinski definition) is 1. The number of carbonyl (C=O) groups excluding carboxylic acids is 1. The van der Waals surface area contributed by atoms with Gasteiger partial charge in [-0.3, -0.25) is 13.9 Å². The standard InChI is InChI=1S/C22H20N6OS/c1-15-17-13-18(30-22(17)28(26-15)14-16-7-3-2-4-8-16)21(29)23-11-10-20-25-24-19-9-5-6-12-27(19)20/h2-9,12-13H,10-11,14H2,1H3,(H,23,29). The molecule has 0 aliphatic rings. The minimum absolute atomic E-state index is 0.0734. The van der Waals surface area contributed by atoms with Crippen LogP contribution in [0.5, 0.6) is 0 Å². The number of nitrogens with one attached hydrogen (secondary N) is 1. The van der Waals surface area contributed by atoms with Crippen LogP contribution in [0.4, 0.5) is 0 Å². The Kier molecular flexibility index (Phi) is 4.76. The van der Waals surface area contributed by atoms with Crippen molar-refractivity contribution in [1.29, 1.82) is 0 Å². The van der Waals surface area contributed by atoms with Gasteiger partial charge in [-0.05, 0) is 30.7 Å². The third-order valence-corrected chi connectivity index (χ3v) is 6.17. The van der Waals surface area contributed by atoms with Gasteiger partial charge < -0.3 is 5.32 Å². The zero-order valence-electron chi connectivity index (χ0n) is 16.4. The number of thiophene rings is 1. The van der Waals surface area contributed by atoms with Crippen LogP contribution in [0.3, 0.4) is 0 Å². The van der Waals surface area contributed by atoms with Gasteiger partial charge in [-0.1, -0.05) is 36.4 Å². The summed E-state index contributed by atoms with van der Waals surface area (Å²) in [6, 6.07) is 17.9. The van der Waals surface area contributed by atoms with Crippen molar-refractivity contribution >= 4 is 33.1 Å². The Bertz CT molecular complexity index is 1330. The van der Waals surface area contributed by atoms with Gasteiger partial charge in [0.1, 0.15) is 10.7 Å². The lowest BCUT2D eigenvalue weighted by Gasteiger charge is -2.04. The molecule has 4 heterocycles. The molecule has 0 radical (unpaired) electrons. The maximum absolute atomic E-state index is 12.7. The summed E-state index contributed by atoms with van der Waals surface area (Å²) in [6.07, 6.45) is 2.54. The number of rotatable bonds is 6. The van der Waals surface area contributed by atoms with Crippen LogP contribution in [0, 0.1) is 6.92 Å². The number of aryl methyl sites for hydroxylation is 1. The van der Waals surface area contributed by atoms with E-state index in [0.29, 0.717) is 24.4 Å². The highest BCUT2D eigenvalue weighted by molar-refractivity contribution is 7.20. The maximum atomic E-state index is 12.7. The monoisotopic (exact) mass is 416 g/mol. The molecule has 0 spiro atoms. The Hall–Kier alpha value is -3.52. The van der Waals surface area contributed by atoms with Gasteiger partial charge in [0, 0.05) is 24.5 Å². The van der Waals surface area contributed by atoms with Gasteiger partial charge in [0.25, 0.3) is 5.91 Å². The number of aromatic nitrogens is 5. The number of nitrogens with zero attached hydrogens (tertiary/aromatic N) is 5. The van der Waals surface area contributed by atoms with Crippen LogP contribution in [0.1, 0.15) is 26.8 Å². The SMILES string of the molecule is Cc1nn(Cc2ccccc2)c2sc(C(=O)NCCc3nnc4ccccn34)cc12. The van der Waals surface area contributed by atoms with Gasteiger partial charge in [-0.15, -0.1) is 21.5 Å². The molecule has 1 aromatic carbocycles. The molecule has 4 aromatic heterocycles. The number of amides is 1. The van der Waals surface area contributed by atoms with Gasteiger partial charge in [-0.25, -0.2) is 0 Å². The van der Waals surface area contributed by atoms with Crippen LogP contribution in [-0.4, -0.2) is 36.8 Å².